The molecule has 1 aromatic heterocycles. The number of aromatic nitrogens is 2. The predicted molar refractivity (Wildman–Crippen MR) is 71.6 cm³/mol. The zero-order valence-electron chi connectivity index (χ0n) is 10.1. The summed E-state index contributed by atoms with van der Waals surface area (Å²) in [6.07, 6.45) is 2.69. The molecule has 2 heterocycles. The lowest BCUT2D eigenvalue weighted by atomic mass is 10.2. The van der Waals surface area contributed by atoms with Gasteiger partial charge in [-0.3, -0.25) is 0 Å². The van der Waals surface area contributed by atoms with Crippen LogP contribution in [0.2, 0.25) is 0 Å². The van der Waals surface area contributed by atoms with E-state index >= 15 is 0 Å². The van der Waals surface area contributed by atoms with E-state index in [0.717, 1.165) is 12.2 Å². The van der Waals surface area contributed by atoms with Gasteiger partial charge in [0, 0.05) is 11.8 Å². The Kier molecular flexibility index (Phi) is 3.93. The summed E-state index contributed by atoms with van der Waals surface area (Å²) >= 11 is 1.94. The molecule has 2 rings (SSSR count). The number of nitrogens with one attached hydrogen (secondary N) is 1. The molecule has 1 aliphatic heterocycles. The third-order valence-corrected chi connectivity index (χ3v) is 3.63. The van der Waals surface area contributed by atoms with Crippen molar-refractivity contribution in [2.24, 2.45) is 0 Å². The van der Waals surface area contributed by atoms with E-state index in [4.69, 9.17) is 10.5 Å². The van der Waals surface area contributed by atoms with Gasteiger partial charge in [-0.2, -0.15) is 16.7 Å². The van der Waals surface area contributed by atoms with Gasteiger partial charge in [-0.25, -0.2) is 4.98 Å². The molecule has 0 radical (unpaired) electrons. The minimum Gasteiger partial charge on any atom is -0.473 e. The SMILES string of the molecule is CC(C)Oc1ncnc(NC2CCSC2)c1N. The topological polar surface area (TPSA) is 73.1 Å². The summed E-state index contributed by atoms with van der Waals surface area (Å²) in [5.41, 5.74) is 6.49. The molecule has 0 saturated carbocycles. The van der Waals surface area contributed by atoms with Crippen molar-refractivity contribution in [3.05, 3.63) is 6.33 Å². The molecule has 94 valence electrons. The highest BCUT2D eigenvalue weighted by atomic mass is 32.2. The molecule has 3 N–H and O–H groups in total. The first-order valence-corrected chi connectivity index (χ1v) is 6.93. The number of thioether (sulfide) groups is 1. The Balaban J connectivity index is 2.10. The number of rotatable bonds is 4. The van der Waals surface area contributed by atoms with Crippen LogP contribution in [0.3, 0.4) is 0 Å². The van der Waals surface area contributed by atoms with Crippen molar-refractivity contribution in [3.8, 4) is 5.88 Å². The Bertz CT molecular complexity index is 380. The molecule has 1 unspecified atom stereocenters. The maximum Gasteiger partial charge on any atom is 0.242 e. The highest BCUT2D eigenvalue weighted by Crippen LogP contribution is 2.28. The largest absolute Gasteiger partial charge is 0.473 e. The summed E-state index contributed by atoms with van der Waals surface area (Å²) in [5.74, 6) is 3.44. The molecule has 17 heavy (non-hydrogen) atoms. The van der Waals surface area contributed by atoms with Gasteiger partial charge in [0.05, 0.1) is 6.10 Å². The molecule has 1 aromatic rings. The van der Waals surface area contributed by atoms with Crippen molar-refractivity contribution in [1.82, 2.24) is 9.97 Å². The van der Waals surface area contributed by atoms with Gasteiger partial charge >= 0.3 is 0 Å². The minimum atomic E-state index is 0.0575. The van der Waals surface area contributed by atoms with Crippen LogP contribution in [0.4, 0.5) is 11.5 Å². The number of nitrogens with two attached hydrogens (primary N) is 1. The molecule has 1 aliphatic rings. The number of nitrogens with zero attached hydrogens (tertiary/aromatic N) is 2. The van der Waals surface area contributed by atoms with Crippen molar-refractivity contribution in [2.45, 2.75) is 32.4 Å². The summed E-state index contributed by atoms with van der Waals surface area (Å²) < 4.78 is 5.53. The number of hydrogen-bond acceptors (Lipinski definition) is 6. The van der Waals surface area contributed by atoms with E-state index in [0.29, 0.717) is 23.4 Å². The van der Waals surface area contributed by atoms with Crippen LogP contribution in [0.5, 0.6) is 5.88 Å². The van der Waals surface area contributed by atoms with Crippen LogP contribution < -0.4 is 15.8 Å². The van der Waals surface area contributed by atoms with E-state index in [1.807, 2.05) is 25.6 Å². The first-order chi connectivity index (χ1) is 8.16. The standard InChI is InChI=1S/C11H18N4OS/c1-7(2)16-11-9(12)10(13-6-14-11)15-8-3-4-17-5-8/h6-8H,3-5,12H2,1-2H3,(H,13,14,15). The Morgan fingerprint density at radius 2 is 2.35 bits per heavy atom. The average molecular weight is 254 g/mol. The molecule has 0 spiro atoms. The maximum atomic E-state index is 5.99. The lowest BCUT2D eigenvalue weighted by molar-refractivity contribution is 0.234. The normalized spacial score (nSPS) is 19.6. The molecule has 0 bridgehead atoms. The summed E-state index contributed by atoms with van der Waals surface area (Å²) in [6.45, 7) is 3.89. The van der Waals surface area contributed by atoms with Gasteiger partial charge in [0.1, 0.15) is 12.0 Å². The monoisotopic (exact) mass is 254 g/mol. The molecular formula is C11H18N4OS. The van der Waals surface area contributed by atoms with Crippen LogP contribution in [0.25, 0.3) is 0 Å². The van der Waals surface area contributed by atoms with E-state index in [9.17, 15) is 0 Å². The average Bonchev–Trinajstić information content (AvgIpc) is 2.76. The Labute approximate surface area is 106 Å². The minimum absolute atomic E-state index is 0.0575. The van der Waals surface area contributed by atoms with E-state index in [1.165, 1.54) is 12.1 Å². The van der Waals surface area contributed by atoms with Crippen LogP contribution in [-0.4, -0.2) is 33.6 Å². The predicted octanol–water partition coefficient (Wildman–Crippen LogP) is 1.76. The van der Waals surface area contributed by atoms with Gasteiger partial charge in [-0.05, 0) is 26.0 Å². The van der Waals surface area contributed by atoms with Crippen molar-refractivity contribution in [1.29, 1.82) is 0 Å². The Hall–Kier alpha value is -1.17. The van der Waals surface area contributed by atoms with Crippen LogP contribution >= 0.6 is 11.8 Å². The van der Waals surface area contributed by atoms with E-state index in [1.54, 1.807) is 0 Å². The zero-order chi connectivity index (χ0) is 12.3. The number of ether oxygens (including phenoxy) is 1. The molecule has 1 saturated heterocycles. The molecule has 0 aliphatic carbocycles. The van der Waals surface area contributed by atoms with Gasteiger partial charge in [0.2, 0.25) is 5.88 Å². The molecule has 0 amide bonds. The summed E-state index contributed by atoms with van der Waals surface area (Å²) in [5, 5.41) is 3.35. The molecule has 1 fully saturated rings. The van der Waals surface area contributed by atoms with Crippen LogP contribution in [0.15, 0.2) is 6.33 Å². The molecule has 6 heteroatoms. The fraction of sp³-hybridized carbons (Fsp3) is 0.636. The third kappa shape index (κ3) is 3.15. The van der Waals surface area contributed by atoms with E-state index in [2.05, 4.69) is 15.3 Å². The first kappa shape index (κ1) is 12.3. The first-order valence-electron chi connectivity index (χ1n) is 5.78. The van der Waals surface area contributed by atoms with Gasteiger partial charge in [-0.1, -0.05) is 0 Å². The van der Waals surface area contributed by atoms with Crippen molar-refractivity contribution in [2.75, 3.05) is 22.6 Å². The second kappa shape index (κ2) is 5.44. The summed E-state index contributed by atoms with van der Waals surface area (Å²) in [7, 11) is 0. The lowest BCUT2D eigenvalue weighted by Gasteiger charge is -2.16. The number of hydrogen-bond donors (Lipinski definition) is 2. The van der Waals surface area contributed by atoms with Gasteiger partial charge in [-0.15, -0.1) is 0 Å². The Morgan fingerprint density at radius 3 is 3.00 bits per heavy atom. The zero-order valence-corrected chi connectivity index (χ0v) is 11.0. The van der Waals surface area contributed by atoms with E-state index < -0.39 is 0 Å². The molecule has 1 atom stereocenters. The summed E-state index contributed by atoms with van der Waals surface area (Å²) in [4.78, 5) is 8.22. The quantitative estimate of drug-likeness (QED) is 0.853. The van der Waals surface area contributed by atoms with Crippen molar-refractivity contribution in [3.63, 3.8) is 0 Å². The number of nitrogen functional groups attached to an aromatic ring is 1. The van der Waals surface area contributed by atoms with Gasteiger partial charge < -0.3 is 15.8 Å². The highest BCUT2D eigenvalue weighted by molar-refractivity contribution is 7.99. The second-order valence-corrected chi connectivity index (χ2v) is 5.46. The van der Waals surface area contributed by atoms with Gasteiger partial charge in [0.25, 0.3) is 0 Å². The van der Waals surface area contributed by atoms with Crippen LogP contribution in [0.1, 0.15) is 20.3 Å². The Morgan fingerprint density at radius 1 is 1.53 bits per heavy atom. The third-order valence-electron chi connectivity index (χ3n) is 2.47. The fourth-order valence-corrected chi connectivity index (χ4v) is 2.81. The molecule has 0 aromatic carbocycles. The summed E-state index contributed by atoms with van der Waals surface area (Å²) in [6, 6.07) is 0.448. The number of anilines is 2. The van der Waals surface area contributed by atoms with Crippen LogP contribution in [-0.2, 0) is 0 Å². The maximum absolute atomic E-state index is 5.99. The van der Waals surface area contributed by atoms with E-state index in [-0.39, 0.29) is 6.10 Å². The van der Waals surface area contributed by atoms with Crippen molar-refractivity contribution >= 4 is 23.3 Å². The second-order valence-electron chi connectivity index (χ2n) is 4.31. The molecule has 5 nitrogen and oxygen atoms in total. The lowest BCUT2D eigenvalue weighted by Crippen LogP contribution is -2.20. The molecular weight excluding hydrogens is 236 g/mol. The van der Waals surface area contributed by atoms with Crippen molar-refractivity contribution < 1.29 is 4.74 Å². The highest BCUT2D eigenvalue weighted by Gasteiger charge is 2.18. The van der Waals surface area contributed by atoms with Gasteiger partial charge in [0.15, 0.2) is 5.82 Å². The smallest absolute Gasteiger partial charge is 0.242 e. The van der Waals surface area contributed by atoms with Crippen LogP contribution in [0, 0.1) is 0 Å². The fourth-order valence-electron chi connectivity index (χ4n) is 1.65.